The Morgan fingerprint density at radius 2 is 1.58 bits per heavy atom. The van der Waals surface area contributed by atoms with E-state index in [0.29, 0.717) is 12.2 Å². The van der Waals surface area contributed by atoms with Gasteiger partial charge < -0.3 is 9.64 Å². The van der Waals surface area contributed by atoms with Gasteiger partial charge in [-0.15, -0.1) is 0 Å². The number of ether oxygens (including phenoxy) is 1. The van der Waals surface area contributed by atoms with Gasteiger partial charge in [0.1, 0.15) is 0 Å². The molecule has 12 heavy (non-hydrogen) atoms. The van der Waals surface area contributed by atoms with E-state index in [1.54, 1.807) is 0 Å². The fourth-order valence-electron chi connectivity index (χ4n) is 1.35. The molecule has 0 spiro atoms. The van der Waals surface area contributed by atoms with Crippen LogP contribution in [-0.2, 0) is 4.74 Å². The standard InChI is InChI=1S/C10H23NO/c1-6-11(7-2)8-10(5)12-9(3)4/h9-10H,6-8H2,1-5H3. The Morgan fingerprint density at radius 3 is 1.92 bits per heavy atom. The van der Waals surface area contributed by atoms with E-state index in [1.807, 2.05) is 0 Å². The molecule has 0 fully saturated rings. The van der Waals surface area contributed by atoms with Crippen molar-refractivity contribution in [2.45, 2.75) is 46.8 Å². The van der Waals surface area contributed by atoms with Crippen LogP contribution in [0.3, 0.4) is 0 Å². The zero-order valence-corrected chi connectivity index (χ0v) is 9.13. The smallest absolute Gasteiger partial charge is 0.0677 e. The molecule has 0 heterocycles. The first-order chi connectivity index (χ1) is 5.60. The molecule has 0 aliphatic heterocycles. The highest BCUT2D eigenvalue weighted by Gasteiger charge is 2.08. The maximum absolute atomic E-state index is 5.64. The topological polar surface area (TPSA) is 12.5 Å². The molecule has 0 aliphatic rings. The molecule has 2 nitrogen and oxygen atoms in total. The van der Waals surface area contributed by atoms with Crippen molar-refractivity contribution < 1.29 is 4.74 Å². The van der Waals surface area contributed by atoms with E-state index in [4.69, 9.17) is 4.74 Å². The van der Waals surface area contributed by atoms with Crippen LogP contribution in [0.15, 0.2) is 0 Å². The average molecular weight is 173 g/mol. The quantitative estimate of drug-likeness (QED) is 0.610. The molecule has 0 radical (unpaired) electrons. The van der Waals surface area contributed by atoms with Crippen molar-refractivity contribution in [3.8, 4) is 0 Å². The van der Waals surface area contributed by atoms with Crippen molar-refractivity contribution in [2.75, 3.05) is 19.6 Å². The molecule has 0 N–H and O–H groups in total. The first-order valence-electron chi connectivity index (χ1n) is 4.97. The number of hydrogen-bond donors (Lipinski definition) is 0. The van der Waals surface area contributed by atoms with Crippen LogP contribution in [0.4, 0.5) is 0 Å². The van der Waals surface area contributed by atoms with Crippen LogP contribution in [0.25, 0.3) is 0 Å². The Kier molecular flexibility index (Phi) is 6.39. The predicted molar refractivity (Wildman–Crippen MR) is 53.5 cm³/mol. The lowest BCUT2D eigenvalue weighted by atomic mass is 10.3. The van der Waals surface area contributed by atoms with Gasteiger partial charge >= 0.3 is 0 Å². The Morgan fingerprint density at radius 1 is 1.08 bits per heavy atom. The molecule has 0 saturated heterocycles. The summed E-state index contributed by atoms with van der Waals surface area (Å²) in [5, 5.41) is 0. The molecule has 0 aromatic carbocycles. The maximum Gasteiger partial charge on any atom is 0.0677 e. The van der Waals surface area contributed by atoms with Crippen LogP contribution >= 0.6 is 0 Å². The van der Waals surface area contributed by atoms with Crippen molar-refractivity contribution >= 4 is 0 Å². The van der Waals surface area contributed by atoms with Gasteiger partial charge in [-0.1, -0.05) is 13.8 Å². The Bertz CT molecular complexity index is 100. The van der Waals surface area contributed by atoms with E-state index in [-0.39, 0.29) is 0 Å². The van der Waals surface area contributed by atoms with Gasteiger partial charge in [0, 0.05) is 6.54 Å². The molecule has 1 atom stereocenters. The van der Waals surface area contributed by atoms with Crippen LogP contribution < -0.4 is 0 Å². The Balaban J connectivity index is 3.58. The molecule has 0 rings (SSSR count). The molecular formula is C10H23NO. The highest BCUT2D eigenvalue weighted by molar-refractivity contribution is 4.59. The van der Waals surface area contributed by atoms with Gasteiger partial charge in [-0.25, -0.2) is 0 Å². The third kappa shape index (κ3) is 5.56. The molecule has 0 bridgehead atoms. The SMILES string of the molecule is CCN(CC)CC(C)OC(C)C. The van der Waals surface area contributed by atoms with Gasteiger partial charge in [-0.3, -0.25) is 0 Å². The first kappa shape index (κ1) is 11.9. The number of hydrogen-bond acceptors (Lipinski definition) is 2. The Labute approximate surface area is 76.9 Å². The molecule has 2 heteroatoms. The molecule has 1 unspecified atom stereocenters. The molecule has 0 saturated carbocycles. The fourth-order valence-corrected chi connectivity index (χ4v) is 1.35. The maximum atomic E-state index is 5.64. The molecule has 0 aromatic rings. The van der Waals surface area contributed by atoms with E-state index in [0.717, 1.165) is 19.6 Å². The summed E-state index contributed by atoms with van der Waals surface area (Å²) in [6, 6.07) is 0. The summed E-state index contributed by atoms with van der Waals surface area (Å²) in [6.07, 6.45) is 0.695. The van der Waals surface area contributed by atoms with E-state index in [1.165, 1.54) is 0 Å². The summed E-state index contributed by atoms with van der Waals surface area (Å²) in [7, 11) is 0. The number of likely N-dealkylation sites (N-methyl/N-ethyl adjacent to an activating group) is 1. The van der Waals surface area contributed by atoms with Crippen LogP contribution in [0.5, 0.6) is 0 Å². The highest BCUT2D eigenvalue weighted by Crippen LogP contribution is 1.99. The van der Waals surface area contributed by atoms with Gasteiger partial charge in [0.15, 0.2) is 0 Å². The van der Waals surface area contributed by atoms with Crippen LogP contribution in [-0.4, -0.2) is 36.7 Å². The molecule has 0 aliphatic carbocycles. The molecule has 0 aromatic heterocycles. The second kappa shape index (κ2) is 6.44. The fraction of sp³-hybridized carbons (Fsp3) is 1.00. The first-order valence-corrected chi connectivity index (χ1v) is 4.97. The van der Waals surface area contributed by atoms with Crippen molar-refractivity contribution in [1.29, 1.82) is 0 Å². The lowest BCUT2D eigenvalue weighted by molar-refractivity contribution is 0.000288. The van der Waals surface area contributed by atoms with Crippen LogP contribution in [0.1, 0.15) is 34.6 Å². The monoisotopic (exact) mass is 173 g/mol. The summed E-state index contributed by atoms with van der Waals surface area (Å²) >= 11 is 0. The minimum atomic E-state index is 0.343. The zero-order valence-electron chi connectivity index (χ0n) is 9.13. The second-order valence-corrected chi connectivity index (χ2v) is 3.48. The van der Waals surface area contributed by atoms with Gasteiger partial charge in [0.2, 0.25) is 0 Å². The lowest BCUT2D eigenvalue weighted by Gasteiger charge is -2.24. The minimum Gasteiger partial charge on any atom is -0.375 e. The largest absolute Gasteiger partial charge is 0.375 e. The number of rotatable bonds is 6. The van der Waals surface area contributed by atoms with E-state index < -0.39 is 0 Å². The van der Waals surface area contributed by atoms with Gasteiger partial charge in [-0.2, -0.15) is 0 Å². The second-order valence-electron chi connectivity index (χ2n) is 3.48. The molecular weight excluding hydrogens is 150 g/mol. The summed E-state index contributed by atoms with van der Waals surface area (Å²) in [6.45, 7) is 13.9. The van der Waals surface area contributed by atoms with Crippen molar-refractivity contribution in [2.24, 2.45) is 0 Å². The van der Waals surface area contributed by atoms with E-state index >= 15 is 0 Å². The van der Waals surface area contributed by atoms with Crippen LogP contribution in [0.2, 0.25) is 0 Å². The molecule has 74 valence electrons. The van der Waals surface area contributed by atoms with Crippen molar-refractivity contribution in [3.63, 3.8) is 0 Å². The van der Waals surface area contributed by atoms with E-state index in [2.05, 4.69) is 39.5 Å². The van der Waals surface area contributed by atoms with Gasteiger partial charge in [0.05, 0.1) is 12.2 Å². The van der Waals surface area contributed by atoms with E-state index in [9.17, 15) is 0 Å². The minimum absolute atomic E-state index is 0.343. The third-order valence-electron chi connectivity index (χ3n) is 1.91. The predicted octanol–water partition coefficient (Wildman–Crippen LogP) is 2.14. The number of nitrogens with zero attached hydrogens (tertiary/aromatic N) is 1. The average Bonchev–Trinajstić information content (AvgIpc) is 1.98. The van der Waals surface area contributed by atoms with Crippen molar-refractivity contribution in [1.82, 2.24) is 4.90 Å². The summed E-state index contributed by atoms with van der Waals surface area (Å²) in [5.41, 5.74) is 0. The summed E-state index contributed by atoms with van der Waals surface area (Å²) in [5.74, 6) is 0. The highest BCUT2D eigenvalue weighted by atomic mass is 16.5. The van der Waals surface area contributed by atoms with Gasteiger partial charge in [-0.05, 0) is 33.9 Å². The summed E-state index contributed by atoms with van der Waals surface area (Å²) in [4.78, 5) is 2.38. The van der Waals surface area contributed by atoms with Gasteiger partial charge in [0.25, 0.3) is 0 Å². The van der Waals surface area contributed by atoms with Crippen molar-refractivity contribution in [3.05, 3.63) is 0 Å². The van der Waals surface area contributed by atoms with Crippen LogP contribution in [0, 0.1) is 0 Å². The normalized spacial score (nSPS) is 14.2. The lowest BCUT2D eigenvalue weighted by Crippen LogP contribution is -2.33. The summed E-state index contributed by atoms with van der Waals surface area (Å²) < 4.78 is 5.64. The molecule has 0 amide bonds. The Hall–Kier alpha value is -0.0800. The zero-order chi connectivity index (χ0) is 9.56. The third-order valence-corrected chi connectivity index (χ3v) is 1.91.